The molecular formula is C10H20S. The van der Waals surface area contributed by atoms with Crippen LogP contribution in [0.2, 0.25) is 0 Å². The van der Waals surface area contributed by atoms with Gasteiger partial charge in [0.25, 0.3) is 0 Å². The van der Waals surface area contributed by atoms with Crippen molar-refractivity contribution in [1.82, 2.24) is 0 Å². The molecule has 0 aliphatic carbocycles. The lowest BCUT2D eigenvalue weighted by Crippen LogP contribution is -1.93. The Balaban J connectivity index is 1.89. The third-order valence-electron chi connectivity index (χ3n) is 2.37. The van der Waals surface area contributed by atoms with Gasteiger partial charge >= 0.3 is 0 Å². The lowest BCUT2D eigenvalue weighted by atomic mass is 10.1. The molecule has 1 heterocycles. The van der Waals surface area contributed by atoms with Crippen molar-refractivity contribution >= 4 is 11.8 Å². The maximum Gasteiger partial charge on any atom is 0.0169 e. The van der Waals surface area contributed by atoms with Crippen LogP contribution < -0.4 is 0 Å². The molecule has 0 aromatic carbocycles. The second-order valence-electron chi connectivity index (χ2n) is 3.50. The topological polar surface area (TPSA) is 0 Å². The van der Waals surface area contributed by atoms with Crippen LogP contribution in [0.15, 0.2) is 0 Å². The van der Waals surface area contributed by atoms with Crippen molar-refractivity contribution in [2.45, 2.75) is 62.9 Å². The van der Waals surface area contributed by atoms with Gasteiger partial charge in [0.15, 0.2) is 0 Å². The van der Waals surface area contributed by atoms with Crippen molar-refractivity contribution in [2.24, 2.45) is 0 Å². The van der Waals surface area contributed by atoms with E-state index in [1.54, 1.807) is 0 Å². The molecule has 1 heteroatoms. The summed E-state index contributed by atoms with van der Waals surface area (Å²) in [6.07, 6.45) is 8.60. The number of hydrogen-bond donors (Lipinski definition) is 0. The van der Waals surface area contributed by atoms with Crippen LogP contribution in [0.25, 0.3) is 0 Å². The summed E-state index contributed by atoms with van der Waals surface area (Å²) < 4.78 is 0. The molecule has 1 aliphatic rings. The van der Waals surface area contributed by atoms with Gasteiger partial charge in [-0.15, -0.1) is 0 Å². The average Bonchev–Trinajstić information content (AvgIpc) is 2.76. The van der Waals surface area contributed by atoms with E-state index in [0.29, 0.717) is 0 Å². The third-order valence-corrected chi connectivity index (χ3v) is 3.89. The van der Waals surface area contributed by atoms with Crippen LogP contribution >= 0.6 is 11.8 Å². The van der Waals surface area contributed by atoms with E-state index in [9.17, 15) is 0 Å². The molecule has 1 rings (SSSR count). The Bertz CT molecular complexity index is 89.0. The molecule has 1 aliphatic heterocycles. The number of thioether (sulfide) groups is 1. The molecule has 0 bridgehead atoms. The summed E-state index contributed by atoms with van der Waals surface area (Å²) in [6.45, 7) is 4.57. The largest absolute Gasteiger partial charge is 0.153 e. The zero-order valence-electron chi connectivity index (χ0n) is 7.81. The van der Waals surface area contributed by atoms with Crippen molar-refractivity contribution in [3.05, 3.63) is 0 Å². The molecule has 0 N–H and O–H groups in total. The van der Waals surface area contributed by atoms with Crippen LogP contribution in [0.5, 0.6) is 0 Å². The minimum atomic E-state index is 1.06. The predicted molar refractivity (Wildman–Crippen MR) is 54.2 cm³/mol. The fourth-order valence-corrected chi connectivity index (χ4v) is 2.73. The van der Waals surface area contributed by atoms with Gasteiger partial charge in [0.1, 0.15) is 0 Å². The van der Waals surface area contributed by atoms with Crippen molar-refractivity contribution < 1.29 is 0 Å². The molecule has 1 fully saturated rings. The normalized spacial score (nSPS) is 28.9. The summed E-state index contributed by atoms with van der Waals surface area (Å²) in [4.78, 5) is 0. The monoisotopic (exact) mass is 172 g/mol. The first-order chi connectivity index (χ1) is 5.38. The van der Waals surface area contributed by atoms with Gasteiger partial charge in [0.05, 0.1) is 0 Å². The SMILES string of the molecule is CCCC[C@@H]1S[C@H]1CCCC. The van der Waals surface area contributed by atoms with E-state index in [1.807, 2.05) is 0 Å². The summed E-state index contributed by atoms with van der Waals surface area (Å²) >= 11 is 2.22. The van der Waals surface area contributed by atoms with Gasteiger partial charge < -0.3 is 0 Å². The van der Waals surface area contributed by atoms with Gasteiger partial charge in [-0.25, -0.2) is 0 Å². The Morgan fingerprint density at radius 2 is 1.36 bits per heavy atom. The van der Waals surface area contributed by atoms with Gasteiger partial charge in [-0.2, -0.15) is 11.8 Å². The molecule has 11 heavy (non-hydrogen) atoms. The van der Waals surface area contributed by atoms with E-state index in [1.165, 1.54) is 38.5 Å². The zero-order valence-corrected chi connectivity index (χ0v) is 8.62. The maximum atomic E-state index is 2.29. The highest BCUT2D eigenvalue weighted by Gasteiger charge is 2.35. The van der Waals surface area contributed by atoms with Gasteiger partial charge in [-0.1, -0.05) is 39.5 Å². The molecule has 0 spiro atoms. The fourth-order valence-electron chi connectivity index (χ4n) is 1.50. The average molecular weight is 172 g/mol. The van der Waals surface area contributed by atoms with E-state index in [-0.39, 0.29) is 0 Å². The Labute approximate surface area is 75.1 Å². The minimum Gasteiger partial charge on any atom is -0.153 e. The molecule has 1 saturated heterocycles. The Morgan fingerprint density at radius 1 is 0.909 bits per heavy atom. The molecule has 0 amide bonds. The number of hydrogen-bond acceptors (Lipinski definition) is 1. The van der Waals surface area contributed by atoms with E-state index in [0.717, 1.165) is 10.5 Å². The van der Waals surface area contributed by atoms with Crippen LogP contribution in [0.4, 0.5) is 0 Å². The van der Waals surface area contributed by atoms with Gasteiger partial charge in [0.2, 0.25) is 0 Å². The molecule has 66 valence electrons. The second-order valence-corrected chi connectivity index (χ2v) is 4.98. The van der Waals surface area contributed by atoms with Crippen molar-refractivity contribution in [1.29, 1.82) is 0 Å². The van der Waals surface area contributed by atoms with Crippen molar-refractivity contribution in [3.8, 4) is 0 Å². The van der Waals surface area contributed by atoms with E-state index >= 15 is 0 Å². The highest BCUT2D eigenvalue weighted by atomic mass is 32.2. The molecule has 0 saturated carbocycles. The van der Waals surface area contributed by atoms with Crippen LogP contribution in [0.3, 0.4) is 0 Å². The molecule has 0 nitrogen and oxygen atoms in total. The van der Waals surface area contributed by atoms with Gasteiger partial charge in [0, 0.05) is 10.5 Å². The maximum absolute atomic E-state index is 2.29. The van der Waals surface area contributed by atoms with Gasteiger partial charge in [-0.3, -0.25) is 0 Å². The Kier molecular flexibility index (Phi) is 4.36. The number of rotatable bonds is 6. The van der Waals surface area contributed by atoms with Gasteiger partial charge in [-0.05, 0) is 12.8 Å². The summed E-state index contributed by atoms with van der Waals surface area (Å²) in [5.74, 6) is 0. The lowest BCUT2D eigenvalue weighted by Gasteiger charge is -1.94. The fraction of sp³-hybridized carbons (Fsp3) is 1.00. The molecule has 0 aromatic heterocycles. The second kappa shape index (κ2) is 5.08. The molecule has 0 unspecified atom stereocenters. The minimum absolute atomic E-state index is 1.06. The standard InChI is InChI=1S/C10H20S/c1-3-5-7-9-10(11-9)8-6-4-2/h9-10H,3-8H2,1-2H3/t9-,10-/m0/s1. The molecule has 0 radical (unpaired) electrons. The smallest absolute Gasteiger partial charge is 0.0169 e. The Morgan fingerprint density at radius 3 is 1.73 bits per heavy atom. The van der Waals surface area contributed by atoms with Crippen LogP contribution in [0, 0.1) is 0 Å². The first kappa shape index (κ1) is 9.44. The van der Waals surface area contributed by atoms with Crippen LogP contribution in [-0.2, 0) is 0 Å². The zero-order chi connectivity index (χ0) is 8.10. The summed E-state index contributed by atoms with van der Waals surface area (Å²) in [7, 11) is 0. The molecular weight excluding hydrogens is 152 g/mol. The predicted octanol–water partition coefficient (Wildman–Crippen LogP) is 3.85. The van der Waals surface area contributed by atoms with Crippen molar-refractivity contribution in [3.63, 3.8) is 0 Å². The summed E-state index contributed by atoms with van der Waals surface area (Å²) in [5, 5.41) is 2.11. The first-order valence-corrected chi connectivity index (χ1v) is 5.98. The quantitative estimate of drug-likeness (QED) is 0.548. The summed E-state index contributed by atoms with van der Waals surface area (Å²) in [6, 6.07) is 0. The van der Waals surface area contributed by atoms with Crippen LogP contribution in [0.1, 0.15) is 52.4 Å². The third kappa shape index (κ3) is 3.50. The summed E-state index contributed by atoms with van der Waals surface area (Å²) in [5.41, 5.74) is 0. The number of unbranched alkanes of at least 4 members (excludes halogenated alkanes) is 2. The lowest BCUT2D eigenvalue weighted by molar-refractivity contribution is 0.654. The highest BCUT2D eigenvalue weighted by molar-refractivity contribution is 8.07. The first-order valence-electron chi connectivity index (χ1n) is 5.04. The Hall–Kier alpha value is 0.350. The van der Waals surface area contributed by atoms with Crippen molar-refractivity contribution in [2.75, 3.05) is 0 Å². The van der Waals surface area contributed by atoms with E-state index in [4.69, 9.17) is 0 Å². The molecule has 2 atom stereocenters. The highest BCUT2D eigenvalue weighted by Crippen LogP contribution is 2.47. The molecule has 0 aromatic rings. The van der Waals surface area contributed by atoms with E-state index in [2.05, 4.69) is 25.6 Å². The van der Waals surface area contributed by atoms with E-state index < -0.39 is 0 Å². The van der Waals surface area contributed by atoms with Crippen LogP contribution in [-0.4, -0.2) is 10.5 Å².